The lowest BCUT2D eigenvalue weighted by molar-refractivity contribution is 0.251. The van der Waals surface area contributed by atoms with Crippen LogP contribution in [0.5, 0.6) is 0 Å². The van der Waals surface area contributed by atoms with E-state index in [4.69, 9.17) is 5.73 Å². The van der Waals surface area contributed by atoms with Crippen molar-refractivity contribution in [1.29, 1.82) is 0 Å². The average molecular weight is 287 g/mol. The lowest BCUT2D eigenvalue weighted by Crippen LogP contribution is -2.28. The molecule has 0 bridgehead atoms. The summed E-state index contributed by atoms with van der Waals surface area (Å²) in [6, 6.07) is 7.24. The van der Waals surface area contributed by atoms with Gasteiger partial charge in [-0.25, -0.2) is 4.79 Å². The quantitative estimate of drug-likeness (QED) is 0.802. The van der Waals surface area contributed by atoms with Gasteiger partial charge in [0.2, 0.25) is 0 Å². The number of hydrogen-bond acceptors (Lipinski definition) is 3. The first-order valence-corrected chi connectivity index (χ1v) is 6.84. The SMILES string of the molecule is Cc1nn(C)c(C)c1CNC(=O)Nc1cccc(CN)c1. The van der Waals surface area contributed by atoms with Gasteiger partial charge in [-0.2, -0.15) is 5.10 Å². The van der Waals surface area contributed by atoms with Crippen LogP contribution in [-0.4, -0.2) is 15.8 Å². The fourth-order valence-corrected chi connectivity index (χ4v) is 2.19. The minimum atomic E-state index is -0.244. The Bertz CT molecular complexity index is 648. The van der Waals surface area contributed by atoms with E-state index in [1.807, 2.05) is 49.8 Å². The highest BCUT2D eigenvalue weighted by Gasteiger charge is 2.10. The number of anilines is 1. The van der Waals surface area contributed by atoms with Crippen LogP contribution in [0.4, 0.5) is 10.5 Å². The van der Waals surface area contributed by atoms with Gasteiger partial charge in [-0.15, -0.1) is 0 Å². The first-order chi connectivity index (χ1) is 10.0. The molecule has 1 aromatic carbocycles. The molecule has 4 N–H and O–H groups in total. The van der Waals surface area contributed by atoms with Crippen LogP contribution in [0.3, 0.4) is 0 Å². The monoisotopic (exact) mass is 287 g/mol. The Balaban J connectivity index is 1.96. The van der Waals surface area contributed by atoms with Crippen LogP contribution in [0, 0.1) is 13.8 Å². The molecule has 6 heteroatoms. The number of rotatable bonds is 4. The van der Waals surface area contributed by atoms with Gasteiger partial charge >= 0.3 is 6.03 Å². The molecular formula is C15H21N5O. The van der Waals surface area contributed by atoms with Gasteiger partial charge in [-0.05, 0) is 31.5 Å². The van der Waals surface area contributed by atoms with E-state index in [9.17, 15) is 4.79 Å². The molecule has 112 valence electrons. The second-order valence-electron chi connectivity index (χ2n) is 4.99. The van der Waals surface area contributed by atoms with Gasteiger partial charge < -0.3 is 16.4 Å². The Kier molecular flexibility index (Phi) is 4.59. The van der Waals surface area contributed by atoms with E-state index in [1.54, 1.807) is 0 Å². The first-order valence-electron chi connectivity index (χ1n) is 6.84. The zero-order valence-corrected chi connectivity index (χ0v) is 12.6. The van der Waals surface area contributed by atoms with E-state index in [1.165, 1.54) is 0 Å². The van der Waals surface area contributed by atoms with Crippen LogP contribution in [-0.2, 0) is 20.1 Å². The summed E-state index contributed by atoms with van der Waals surface area (Å²) in [5.74, 6) is 0. The lowest BCUT2D eigenvalue weighted by atomic mass is 10.2. The number of carbonyl (C=O) groups excluding carboxylic acids is 1. The number of carbonyl (C=O) groups is 1. The molecule has 2 aromatic rings. The number of nitrogens with one attached hydrogen (secondary N) is 2. The summed E-state index contributed by atoms with van der Waals surface area (Å²) < 4.78 is 1.81. The van der Waals surface area contributed by atoms with Crippen LogP contribution >= 0.6 is 0 Å². The number of aryl methyl sites for hydroxylation is 2. The van der Waals surface area contributed by atoms with Crippen LogP contribution in [0.2, 0.25) is 0 Å². The summed E-state index contributed by atoms with van der Waals surface area (Å²) in [5.41, 5.74) is 10.3. The molecule has 1 heterocycles. The number of nitrogens with two attached hydrogens (primary N) is 1. The van der Waals surface area contributed by atoms with Crippen LogP contribution < -0.4 is 16.4 Å². The summed E-state index contributed by atoms with van der Waals surface area (Å²) >= 11 is 0. The Hall–Kier alpha value is -2.34. The molecule has 0 unspecified atom stereocenters. The molecule has 0 radical (unpaired) electrons. The molecule has 0 saturated heterocycles. The highest BCUT2D eigenvalue weighted by Crippen LogP contribution is 2.12. The molecule has 21 heavy (non-hydrogen) atoms. The summed E-state index contributed by atoms with van der Waals surface area (Å²) in [7, 11) is 1.89. The topological polar surface area (TPSA) is 85.0 Å². The van der Waals surface area contributed by atoms with Crippen molar-refractivity contribution in [2.24, 2.45) is 12.8 Å². The van der Waals surface area contributed by atoms with Crippen molar-refractivity contribution >= 4 is 11.7 Å². The zero-order valence-electron chi connectivity index (χ0n) is 12.6. The predicted octanol–water partition coefficient (Wildman–Crippen LogP) is 1.82. The first kappa shape index (κ1) is 15.1. The van der Waals surface area contributed by atoms with Crippen molar-refractivity contribution in [2.75, 3.05) is 5.32 Å². The maximum Gasteiger partial charge on any atom is 0.319 e. The van der Waals surface area contributed by atoms with Gasteiger partial charge in [0.1, 0.15) is 0 Å². The van der Waals surface area contributed by atoms with E-state index in [0.717, 1.165) is 28.2 Å². The highest BCUT2D eigenvalue weighted by atomic mass is 16.2. The third-order valence-electron chi connectivity index (χ3n) is 3.51. The molecule has 0 aliphatic carbocycles. The highest BCUT2D eigenvalue weighted by molar-refractivity contribution is 5.89. The third-order valence-corrected chi connectivity index (χ3v) is 3.51. The van der Waals surface area contributed by atoms with E-state index < -0.39 is 0 Å². The minimum Gasteiger partial charge on any atom is -0.334 e. The van der Waals surface area contributed by atoms with Crippen molar-refractivity contribution < 1.29 is 4.79 Å². The van der Waals surface area contributed by atoms with Crippen molar-refractivity contribution in [1.82, 2.24) is 15.1 Å². The van der Waals surface area contributed by atoms with Crippen molar-refractivity contribution in [3.63, 3.8) is 0 Å². The summed E-state index contributed by atoms with van der Waals surface area (Å²) in [4.78, 5) is 11.9. The Morgan fingerprint density at radius 1 is 1.38 bits per heavy atom. The Morgan fingerprint density at radius 3 is 2.76 bits per heavy atom. The molecule has 2 amide bonds. The normalized spacial score (nSPS) is 10.5. The van der Waals surface area contributed by atoms with Crippen LogP contribution in [0.15, 0.2) is 24.3 Å². The second-order valence-corrected chi connectivity index (χ2v) is 4.99. The fourth-order valence-electron chi connectivity index (χ4n) is 2.19. The van der Waals surface area contributed by atoms with Crippen LogP contribution in [0.25, 0.3) is 0 Å². The predicted molar refractivity (Wildman–Crippen MR) is 82.9 cm³/mol. The molecule has 1 aromatic heterocycles. The maximum atomic E-state index is 11.9. The Morgan fingerprint density at radius 2 is 2.14 bits per heavy atom. The summed E-state index contributed by atoms with van der Waals surface area (Å²) in [6.07, 6.45) is 0. The lowest BCUT2D eigenvalue weighted by Gasteiger charge is -2.09. The van der Waals surface area contributed by atoms with E-state index in [0.29, 0.717) is 13.1 Å². The van der Waals surface area contributed by atoms with Gasteiger partial charge in [0, 0.05) is 37.1 Å². The van der Waals surface area contributed by atoms with Gasteiger partial charge in [0.15, 0.2) is 0 Å². The maximum absolute atomic E-state index is 11.9. The van der Waals surface area contributed by atoms with Crippen molar-refractivity contribution in [3.8, 4) is 0 Å². The van der Waals surface area contributed by atoms with Gasteiger partial charge in [-0.3, -0.25) is 4.68 Å². The summed E-state index contributed by atoms with van der Waals surface area (Å²) in [6.45, 7) is 4.82. The van der Waals surface area contributed by atoms with E-state index in [-0.39, 0.29) is 6.03 Å². The third kappa shape index (κ3) is 3.61. The number of amides is 2. The van der Waals surface area contributed by atoms with Gasteiger partial charge in [0.25, 0.3) is 0 Å². The number of benzene rings is 1. The standard InChI is InChI=1S/C15H21N5O/c1-10-14(11(2)20(3)19-10)9-17-15(21)18-13-6-4-5-12(7-13)8-16/h4-7H,8-9,16H2,1-3H3,(H2,17,18,21). The molecule has 0 spiro atoms. The van der Waals surface area contributed by atoms with Gasteiger partial charge in [-0.1, -0.05) is 12.1 Å². The molecule has 2 rings (SSSR count). The molecule has 0 saturated carbocycles. The second kappa shape index (κ2) is 6.41. The van der Waals surface area contributed by atoms with Crippen molar-refractivity contribution in [3.05, 3.63) is 46.8 Å². The molecular weight excluding hydrogens is 266 g/mol. The average Bonchev–Trinajstić information content (AvgIpc) is 2.70. The fraction of sp³-hybridized carbons (Fsp3) is 0.333. The molecule has 0 aliphatic heterocycles. The molecule has 6 nitrogen and oxygen atoms in total. The molecule has 0 fully saturated rings. The van der Waals surface area contributed by atoms with Crippen molar-refractivity contribution in [2.45, 2.75) is 26.9 Å². The van der Waals surface area contributed by atoms with Crippen LogP contribution in [0.1, 0.15) is 22.5 Å². The minimum absolute atomic E-state index is 0.244. The molecule has 0 aliphatic rings. The number of hydrogen-bond donors (Lipinski definition) is 3. The Labute approximate surface area is 124 Å². The largest absolute Gasteiger partial charge is 0.334 e. The number of nitrogens with zero attached hydrogens (tertiary/aromatic N) is 2. The number of aromatic nitrogens is 2. The smallest absolute Gasteiger partial charge is 0.319 e. The summed E-state index contributed by atoms with van der Waals surface area (Å²) in [5, 5.41) is 9.97. The van der Waals surface area contributed by atoms with E-state index >= 15 is 0 Å². The molecule has 0 atom stereocenters. The number of urea groups is 1. The van der Waals surface area contributed by atoms with Gasteiger partial charge in [0.05, 0.1) is 5.69 Å². The zero-order chi connectivity index (χ0) is 15.4. The van der Waals surface area contributed by atoms with E-state index in [2.05, 4.69) is 15.7 Å².